The van der Waals surface area contributed by atoms with Gasteiger partial charge in [-0.1, -0.05) is 34.6 Å². The summed E-state index contributed by atoms with van der Waals surface area (Å²) in [5.74, 6) is 2.42. The van der Waals surface area contributed by atoms with E-state index >= 15 is 0 Å². The van der Waals surface area contributed by atoms with Crippen LogP contribution in [0.25, 0.3) is 0 Å². The van der Waals surface area contributed by atoms with Crippen LogP contribution in [0, 0.1) is 17.3 Å². The summed E-state index contributed by atoms with van der Waals surface area (Å²) in [5, 5.41) is 2.92. The van der Waals surface area contributed by atoms with Crippen molar-refractivity contribution in [3.8, 4) is 5.75 Å². The van der Waals surface area contributed by atoms with Gasteiger partial charge in [0.25, 0.3) is 0 Å². The van der Waals surface area contributed by atoms with Crippen LogP contribution in [-0.4, -0.2) is 37.0 Å². The van der Waals surface area contributed by atoms with Crippen molar-refractivity contribution < 1.29 is 9.53 Å². The average molecular weight is 332 g/mol. The Bertz CT molecular complexity index is 524. The van der Waals surface area contributed by atoms with Gasteiger partial charge in [0.05, 0.1) is 0 Å². The van der Waals surface area contributed by atoms with Crippen LogP contribution in [0.2, 0.25) is 0 Å². The molecule has 4 heteroatoms. The molecule has 2 rings (SSSR count). The van der Waals surface area contributed by atoms with Crippen molar-refractivity contribution in [2.24, 2.45) is 17.3 Å². The zero-order chi connectivity index (χ0) is 17.7. The second-order valence-corrected chi connectivity index (χ2v) is 8.28. The third-order valence-corrected chi connectivity index (χ3v) is 4.41. The summed E-state index contributed by atoms with van der Waals surface area (Å²) in [5.41, 5.74) is 0.415. The van der Waals surface area contributed by atoms with Crippen LogP contribution in [0.4, 0.5) is 5.69 Å². The molecule has 0 saturated carbocycles. The van der Waals surface area contributed by atoms with E-state index in [4.69, 9.17) is 4.74 Å². The number of hydrogen-bond acceptors (Lipinski definition) is 3. The third kappa shape index (κ3) is 5.82. The number of carbonyl (C=O) groups excluding carboxylic acids is 1. The Labute approximate surface area is 146 Å². The summed E-state index contributed by atoms with van der Waals surface area (Å²) in [7, 11) is 0. The van der Waals surface area contributed by atoms with Crippen molar-refractivity contribution in [2.75, 3.05) is 31.6 Å². The highest BCUT2D eigenvalue weighted by atomic mass is 16.5. The molecule has 1 saturated heterocycles. The molecule has 0 aliphatic carbocycles. The molecule has 1 aromatic rings. The minimum absolute atomic E-state index is 0.0181. The molecule has 1 N–H and O–H groups in total. The minimum atomic E-state index is -0.391. The molecule has 1 aliphatic heterocycles. The Morgan fingerprint density at radius 1 is 1.17 bits per heavy atom. The predicted octanol–water partition coefficient (Wildman–Crippen LogP) is 4.03. The average Bonchev–Trinajstić information content (AvgIpc) is 2.47. The second kappa shape index (κ2) is 8.02. The number of likely N-dealkylation sites (tertiary alicyclic amines) is 1. The van der Waals surface area contributed by atoms with Gasteiger partial charge >= 0.3 is 0 Å². The number of rotatable bonds is 5. The summed E-state index contributed by atoms with van der Waals surface area (Å²) >= 11 is 0. The molecule has 1 fully saturated rings. The van der Waals surface area contributed by atoms with Gasteiger partial charge in [0.15, 0.2) is 0 Å². The lowest BCUT2D eigenvalue weighted by atomic mass is 9.92. The number of carbonyl (C=O) groups is 1. The van der Waals surface area contributed by atoms with Crippen LogP contribution < -0.4 is 10.1 Å². The zero-order valence-electron chi connectivity index (χ0n) is 15.8. The molecule has 1 amide bonds. The molecule has 1 heterocycles. The predicted molar refractivity (Wildman–Crippen MR) is 99.4 cm³/mol. The second-order valence-electron chi connectivity index (χ2n) is 8.28. The molecule has 0 bridgehead atoms. The van der Waals surface area contributed by atoms with E-state index in [-0.39, 0.29) is 5.91 Å². The molecular formula is C20H32N2O2. The van der Waals surface area contributed by atoms with Crippen LogP contribution in [-0.2, 0) is 4.79 Å². The smallest absolute Gasteiger partial charge is 0.229 e. The molecule has 0 radical (unpaired) electrons. The lowest BCUT2D eigenvalue weighted by Gasteiger charge is -2.34. The van der Waals surface area contributed by atoms with E-state index in [0.717, 1.165) is 29.8 Å². The first-order chi connectivity index (χ1) is 11.2. The fourth-order valence-corrected chi connectivity index (χ4v) is 3.22. The largest absolute Gasteiger partial charge is 0.492 e. The molecule has 1 aromatic carbocycles. The topological polar surface area (TPSA) is 41.6 Å². The Balaban J connectivity index is 1.77. The van der Waals surface area contributed by atoms with Crippen molar-refractivity contribution in [1.29, 1.82) is 0 Å². The molecule has 1 aliphatic rings. The van der Waals surface area contributed by atoms with Gasteiger partial charge in [0, 0.05) is 30.7 Å². The van der Waals surface area contributed by atoms with Crippen molar-refractivity contribution in [1.82, 2.24) is 4.90 Å². The van der Waals surface area contributed by atoms with E-state index < -0.39 is 5.41 Å². The maximum absolute atomic E-state index is 12.0. The first-order valence-electron chi connectivity index (χ1n) is 9.00. The first kappa shape index (κ1) is 18.8. The Hall–Kier alpha value is -1.55. The van der Waals surface area contributed by atoms with E-state index in [9.17, 15) is 4.79 Å². The van der Waals surface area contributed by atoms with E-state index in [1.807, 2.05) is 45.0 Å². The lowest BCUT2D eigenvalue weighted by molar-refractivity contribution is -0.123. The molecule has 2 atom stereocenters. The number of ether oxygens (including phenoxy) is 1. The number of anilines is 1. The van der Waals surface area contributed by atoms with Crippen molar-refractivity contribution in [2.45, 2.75) is 41.0 Å². The normalized spacial score (nSPS) is 22.2. The Kier molecular flexibility index (Phi) is 6.27. The van der Waals surface area contributed by atoms with Crippen LogP contribution in [0.1, 0.15) is 41.0 Å². The summed E-state index contributed by atoms with van der Waals surface area (Å²) in [6.45, 7) is 14.4. The highest BCUT2D eigenvalue weighted by molar-refractivity contribution is 5.94. The molecular weight excluding hydrogens is 300 g/mol. The van der Waals surface area contributed by atoms with Crippen molar-refractivity contribution in [3.63, 3.8) is 0 Å². The van der Waals surface area contributed by atoms with Gasteiger partial charge in [-0.15, -0.1) is 0 Å². The van der Waals surface area contributed by atoms with Gasteiger partial charge in [-0.25, -0.2) is 0 Å². The monoisotopic (exact) mass is 332 g/mol. The SMILES string of the molecule is C[C@@H]1C[C@H](C)CN(CCOc2ccc(NC(=O)C(C)(C)C)cc2)C1. The minimum Gasteiger partial charge on any atom is -0.492 e. The van der Waals surface area contributed by atoms with Crippen LogP contribution in [0.15, 0.2) is 24.3 Å². The van der Waals surface area contributed by atoms with Crippen molar-refractivity contribution >= 4 is 11.6 Å². The lowest BCUT2D eigenvalue weighted by Crippen LogP contribution is -2.40. The standard InChI is InChI=1S/C20H32N2O2/c1-15-12-16(2)14-22(13-15)10-11-24-18-8-6-17(7-9-18)21-19(23)20(3,4)5/h6-9,15-16H,10-14H2,1-5H3,(H,21,23)/t15-,16+. The fourth-order valence-electron chi connectivity index (χ4n) is 3.22. The molecule has 0 aromatic heterocycles. The first-order valence-corrected chi connectivity index (χ1v) is 9.00. The number of nitrogens with zero attached hydrogens (tertiary/aromatic N) is 1. The number of nitrogens with one attached hydrogen (secondary N) is 1. The highest BCUT2D eigenvalue weighted by Gasteiger charge is 2.22. The van der Waals surface area contributed by atoms with E-state index in [0.29, 0.717) is 6.61 Å². The molecule has 0 unspecified atom stereocenters. The fraction of sp³-hybridized carbons (Fsp3) is 0.650. The quantitative estimate of drug-likeness (QED) is 0.885. The molecule has 4 nitrogen and oxygen atoms in total. The molecule has 24 heavy (non-hydrogen) atoms. The van der Waals surface area contributed by atoms with Gasteiger partial charge in [0.2, 0.25) is 5.91 Å². The maximum atomic E-state index is 12.0. The molecule has 134 valence electrons. The molecule has 0 spiro atoms. The maximum Gasteiger partial charge on any atom is 0.229 e. The Morgan fingerprint density at radius 3 is 2.29 bits per heavy atom. The summed E-state index contributed by atoms with van der Waals surface area (Å²) in [6.07, 6.45) is 1.33. The van der Waals surface area contributed by atoms with Crippen LogP contribution >= 0.6 is 0 Å². The van der Waals surface area contributed by atoms with Gasteiger partial charge < -0.3 is 10.1 Å². The Morgan fingerprint density at radius 2 is 1.75 bits per heavy atom. The number of hydrogen-bond donors (Lipinski definition) is 1. The van der Waals surface area contributed by atoms with Gasteiger partial charge in [-0.05, 0) is 42.5 Å². The summed E-state index contributed by atoms with van der Waals surface area (Å²) in [6, 6.07) is 7.62. The third-order valence-electron chi connectivity index (χ3n) is 4.41. The number of amides is 1. The van der Waals surface area contributed by atoms with E-state index in [1.165, 1.54) is 19.5 Å². The number of piperidine rings is 1. The van der Waals surface area contributed by atoms with Gasteiger partial charge in [0.1, 0.15) is 12.4 Å². The van der Waals surface area contributed by atoms with E-state index in [2.05, 4.69) is 24.1 Å². The van der Waals surface area contributed by atoms with Crippen LogP contribution in [0.5, 0.6) is 5.75 Å². The summed E-state index contributed by atoms with van der Waals surface area (Å²) < 4.78 is 5.85. The van der Waals surface area contributed by atoms with Crippen LogP contribution in [0.3, 0.4) is 0 Å². The highest BCUT2D eigenvalue weighted by Crippen LogP contribution is 2.22. The number of benzene rings is 1. The zero-order valence-corrected chi connectivity index (χ0v) is 15.8. The van der Waals surface area contributed by atoms with Crippen molar-refractivity contribution in [3.05, 3.63) is 24.3 Å². The van der Waals surface area contributed by atoms with E-state index in [1.54, 1.807) is 0 Å². The van der Waals surface area contributed by atoms with Gasteiger partial charge in [-0.3, -0.25) is 9.69 Å². The summed E-state index contributed by atoms with van der Waals surface area (Å²) in [4.78, 5) is 14.5. The van der Waals surface area contributed by atoms with Gasteiger partial charge in [-0.2, -0.15) is 0 Å².